The van der Waals surface area contributed by atoms with Gasteiger partial charge in [-0.25, -0.2) is 0 Å². The number of nitrogens with one attached hydrogen (secondary N) is 1. The first-order valence-electron chi connectivity index (χ1n) is 8.74. The molecule has 4 nitrogen and oxygen atoms in total. The van der Waals surface area contributed by atoms with Crippen molar-refractivity contribution in [3.63, 3.8) is 0 Å². The molecule has 1 unspecified atom stereocenters. The molecule has 2 heterocycles. The Balaban J connectivity index is 1.78. The van der Waals surface area contributed by atoms with Gasteiger partial charge >= 0.3 is 0 Å². The number of aromatic nitrogens is 1. The second-order valence-electron chi connectivity index (χ2n) is 6.44. The lowest BCUT2D eigenvalue weighted by Crippen LogP contribution is -2.34. The van der Waals surface area contributed by atoms with Gasteiger partial charge in [0.15, 0.2) is 0 Å². The minimum absolute atomic E-state index is 0.105. The highest BCUT2D eigenvalue weighted by Gasteiger charge is 2.14. The van der Waals surface area contributed by atoms with Crippen LogP contribution < -0.4 is 15.6 Å². The molecule has 1 N–H and O–H groups in total. The monoisotopic (exact) mass is 314 g/mol. The van der Waals surface area contributed by atoms with Gasteiger partial charge in [-0.3, -0.25) is 4.79 Å². The lowest BCUT2D eigenvalue weighted by atomic mass is 9.99. The molecule has 0 bridgehead atoms. The minimum Gasteiger partial charge on any atom is -0.494 e. The summed E-state index contributed by atoms with van der Waals surface area (Å²) in [6, 6.07) is 7.80. The van der Waals surface area contributed by atoms with Crippen LogP contribution in [-0.4, -0.2) is 24.3 Å². The molecule has 1 aliphatic heterocycles. The van der Waals surface area contributed by atoms with E-state index in [1.165, 1.54) is 12.8 Å². The van der Waals surface area contributed by atoms with Crippen molar-refractivity contribution < 1.29 is 4.74 Å². The number of piperidine rings is 1. The second-order valence-corrected chi connectivity index (χ2v) is 6.44. The fraction of sp³-hybridized carbons (Fsp3) is 0.526. The Bertz CT molecular complexity index is 702. The van der Waals surface area contributed by atoms with Crippen LogP contribution in [0, 0.1) is 5.92 Å². The summed E-state index contributed by atoms with van der Waals surface area (Å²) in [6.07, 6.45) is 6.49. The molecular weight excluding hydrogens is 288 g/mol. The molecule has 0 aliphatic carbocycles. The number of pyridine rings is 1. The smallest absolute Gasteiger partial charge is 0.258 e. The predicted octanol–water partition coefficient (Wildman–Crippen LogP) is 3.18. The van der Waals surface area contributed by atoms with Crippen LogP contribution in [0.5, 0.6) is 5.75 Å². The summed E-state index contributed by atoms with van der Waals surface area (Å²) in [4.78, 5) is 12.7. The Morgan fingerprint density at radius 2 is 2.26 bits per heavy atom. The third-order valence-corrected chi connectivity index (χ3v) is 4.57. The number of fused-ring (bicyclic) bond motifs is 1. The molecule has 4 heteroatoms. The molecule has 3 rings (SSSR count). The maximum absolute atomic E-state index is 12.7. The molecule has 1 aromatic carbocycles. The predicted molar refractivity (Wildman–Crippen MR) is 94.2 cm³/mol. The van der Waals surface area contributed by atoms with Crippen molar-refractivity contribution in [1.29, 1.82) is 0 Å². The van der Waals surface area contributed by atoms with Crippen molar-refractivity contribution in [2.45, 2.75) is 39.2 Å². The molecule has 0 radical (unpaired) electrons. The number of ether oxygens (including phenoxy) is 1. The minimum atomic E-state index is 0.105. The van der Waals surface area contributed by atoms with E-state index >= 15 is 0 Å². The summed E-state index contributed by atoms with van der Waals surface area (Å²) < 4.78 is 7.59. The van der Waals surface area contributed by atoms with Gasteiger partial charge in [0.05, 0.1) is 6.61 Å². The highest BCUT2D eigenvalue weighted by atomic mass is 16.5. The van der Waals surface area contributed by atoms with Crippen molar-refractivity contribution in [3.05, 3.63) is 40.8 Å². The second kappa shape index (κ2) is 7.64. The first-order valence-corrected chi connectivity index (χ1v) is 8.74. The van der Waals surface area contributed by atoms with E-state index in [0.29, 0.717) is 5.92 Å². The van der Waals surface area contributed by atoms with Crippen LogP contribution in [0.2, 0.25) is 0 Å². The summed E-state index contributed by atoms with van der Waals surface area (Å²) in [5.41, 5.74) is 0.105. The van der Waals surface area contributed by atoms with Crippen LogP contribution in [0.15, 0.2) is 35.3 Å². The zero-order valence-corrected chi connectivity index (χ0v) is 13.9. The molecule has 23 heavy (non-hydrogen) atoms. The summed E-state index contributed by atoms with van der Waals surface area (Å²) in [7, 11) is 0. The number of rotatable bonds is 6. The van der Waals surface area contributed by atoms with E-state index in [2.05, 4.69) is 12.2 Å². The maximum Gasteiger partial charge on any atom is 0.258 e. The zero-order valence-electron chi connectivity index (χ0n) is 13.9. The highest BCUT2D eigenvalue weighted by Crippen LogP contribution is 2.19. The Labute approximate surface area is 137 Å². The van der Waals surface area contributed by atoms with Gasteiger partial charge in [-0.15, -0.1) is 0 Å². The summed E-state index contributed by atoms with van der Waals surface area (Å²) in [5.74, 6) is 1.40. The summed E-state index contributed by atoms with van der Waals surface area (Å²) in [6.45, 7) is 5.79. The highest BCUT2D eigenvalue weighted by molar-refractivity contribution is 5.82. The van der Waals surface area contributed by atoms with Crippen LogP contribution in [0.1, 0.15) is 32.6 Å². The molecule has 1 atom stereocenters. The molecule has 0 saturated carbocycles. The van der Waals surface area contributed by atoms with E-state index in [9.17, 15) is 4.79 Å². The largest absolute Gasteiger partial charge is 0.494 e. The number of nitrogens with zero attached hydrogens (tertiary/aromatic N) is 1. The Morgan fingerprint density at radius 3 is 3.04 bits per heavy atom. The van der Waals surface area contributed by atoms with E-state index in [1.54, 1.807) is 0 Å². The SMILES string of the molecule is CCCCOc1ccc2c(=O)n(CC3CCCNC3)ccc2c1. The number of hydrogen-bond donors (Lipinski definition) is 1. The Hall–Kier alpha value is -1.81. The quantitative estimate of drug-likeness (QED) is 0.833. The standard InChI is InChI=1S/C19H26N2O2/c1-2-3-11-23-17-6-7-18-16(12-17)8-10-21(19(18)22)14-15-5-4-9-20-13-15/h6-8,10,12,15,20H,2-5,9,11,13-14H2,1H3. The van der Waals surface area contributed by atoms with Crippen LogP contribution in [0.25, 0.3) is 10.8 Å². The van der Waals surface area contributed by atoms with Gasteiger partial charge in [-0.2, -0.15) is 0 Å². The van der Waals surface area contributed by atoms with Crippen molar-refractivity contribution in [2.24, 2.45) is 5.92 Å². The molecule has 0 spiro atoms. The molecule has 0 amide bonds. The van der Waals surface area contributed by atoms with Crippen LogP contribution >= 0.6 is 0 Å². The topological polar surface area (TPSA) is 43.3 Å². The molecule has 1 aliphatic rings. The van der Waals surface area contributed by atoms with Crippen LogP contribution in [0.3, 0.4) is 0 Å². The molecule has 2 aromatic rings. The Morgan fingerprint density at radius 1 is 1.35 bits per heavy atom. The van der Waals surface area contributed by atoms with Gasteiger partial charge in [-0.05, 0) is 67.9 Å². The zero-order chi connectivity index (χ0) is 16.1. The van der Waals surface area contributed by atoms with E-state index < -0.39 is 0 Å². The van der Waals surface area contributed by atoms with Crippen molar-refractivity contribution in [2.75, 3.05) is 19.7 Å². The van der Waals surface area contributed by atoms with E-state index in [4.69, 9.17) is 4.74 Å². The molecule has 1 aromatic heterocycles. The van der Waals surface area contributed by atoms with E-state index in [0.717, 1.165) is 55.6 Å². The number of hydrogen-bond acceptors (Lipinski definition) is 3. The van der Waals surface area contributed by atoms with E-state index in [1.807, 2.05) is 35.0 Å². The van der Waals surface area contributed by atoms with E-state index in [-0.39, 0.29) is 5.56 Å². The van der Waals surface area contributed by atoms with Gasteiger partial charge < -0.3 is 14.6 Å². The average molecular weight is 314 g/mol. The molecule has 1 saturated heterocycles. The number of benzene rings is 1. The van der Waals surface area contributed by atoms with Gasteiger partial charge in [-0.1, -0.05) is 13.3 Å². The first kappa shape index (κ1) is 16.1. The lowest BCUT2D eigenvalue weighted by Gasteiger charge is -2.23. The Kier molecular flexibility index (Phi) is 5.34. The number of unbranched alkanes of at least 4 members (excludes halogenated alkanes) is 1. The average Bonchev–Trinajstić information content (AvgIpc) is 2.59. The summed E-state index contributed by atoms with van der Waals surface area (Å²) in [5, 5.41) is 5.15. The molecule has 124 valence electrons. The van der Waals surface area contributed by atoms with Crippen molar-refractivity contribution in [3.8, 4) is 5.75 Å². The van der Waals surface area contributed by atoms with Gasteiger partial charge in [0, 0.05) is 18.1 Å². The lowest BCUT2D eigenvalue weighted by molar-refractivity contribution is 0.310. The van der Waals surface area contributed by atoms with Gasteiger partial charge in [0.2, 0.25) is 0 Å². The van der Waals surface area contributed by atoms with Crippen LogP contribution in [0.4, 0.5) is 0 Å². The normalized spacial score (nSPS) is 18.2. The molecular formula is C19H26N2O2. The third-order valence-electron chi connectivity index (χ3n) is 4.57. The maximum atomic E-state index is 12.7. The third kappa shape index (κ3) is 3.94. The first-order chi connectivity index (χ1) is 11.3. The summed E-state index contributed by atoms with van der Waals surface area (Å²) >= 11 is 0. The fourth-order valence-electron chi connectivity index (χ4n) is 3.19. The van der Waals surface area contributed by atoms with Gasteiger partial charge in [0.25, 0.3) is 5.56 Å². The van der Waals surface area contributed by atoms with Crippen LogP contribution in [-0.2, 0) is 6.54 Å². The van der Waals surface area contributed by atoms with Crippen molar-refractivity contribution in [1.82, 2.24) is 9.88 Å². The van der Waals surface area contributed by atoms with Gasteiger partial charge in [0.1, 0.15) is 5.75 Å². The van der Waals surface area contributed by atoms with Crippen molar-refractivity contribution >= 4 is 10.8 Å². The fourth-order valence-corrected chi connectivity index (χ4v) is 3.19. The molecule has 1 fully saturated rings.